The first kappa shape index (κ1) is 32.7. The molecule has 4 rings (SSSR count). The number of hydrogen-bond donors (Lipinski definition) is 1. The molecule has 7 atom stereocenters. The Hall–Kier alpha value is -1.25. The Labute approximate surface area is 240 Å². The number of alkyl halides is 6. The van der Waals surface area contributed by atoms with Crippen LogP contribution in [0.25, 0.3) is 0 Å². The molecule has 0 saturated heterocycles. The zero-order chi connectivity index (χ0) is 31.0. The number of aliphatic hydroxyl groups is 1. The van der Waals surface area contributed by atoms with Gasteiger partial charge < -0.3 is 9.84 Å². The van der Waals surface area contributed by atoms with Crippen molar-refractivity contribution in [2.24, 2.45) is 39.4 Å². The maximum Gasteiger partial charge on any atom is 0.426 e. The topological polar surface area (TPSA) is 46.5 Å². The Balaban J connectivity index is 1.54. The first-order valence-electron chi connectivity index (χ1n) is 15.3. The molecular formula is C32H48F6O3. The van der Waals surface area contributed by atoms with Crippen molar-refractivity contribution in [1.29, 1.82) is 0 Å². The Morgan fingerprint density at radius 3 is 2.10 bits per heavy atom. The number of hydrogen-bond acceptors (Lipinski definition) is 3. The van der Waals surface area contributed by atoms with Crippen LogP contribution in [0.5, 0.6) is 0 Å². The molecule has 4 aliphatic carbocycles. The Bertz CT molecular complexity index is 1050. The molecule has 2 saturated carbocycles. The molecule has 1 N–H and O–H groups in total. The summed E-state index contributed by atoms with van der Waals surface area (Å²) in [5.74, 6) is 0.278. The summed E-state index contributed by atoms with van der Waals surface area (Å²) in [5, 5.41) is 9.61. The van der Waals surface area contributed by atoms with Gasteiger partial charge in [0, 0.05) is 12.3 Å². The average molecular weight is 595 g/mol. The fourth-order valence-corrected chi connectivity index (χ4v) is 10.4. The van der Waals surface area contributed by atoms with E-state index in [1.165, 1.54) is 12.5 Å². The summed E-state index contributed by atoms with van der Waals surface area (Å²) in [5.41, 5.74) is -1.88. The van der Waals surface area contributed by atoms with Crippen LogP contribution in [-0.2, 0) is 9.53 Å². The van der Waals surface area contributed by atoms with E-state index in [-0.39, 0.29) is 58.4 Å². The molecule has 2 fully saturated rings. The number of halogens is 6. The highest BCUT2D eigenvalue weighted by atomic mass is 19.4. The van der Waals surface area contributed by atoms with E-state index in [4.69, 9.17) is 4.74 Å². The van der Waals surface area contributed by atoms with Crippen LogP contribution in [0.4, 0.5) is 26.3 Å². The molecule has 0 aliphatic heterocycles. The maximum absolute atomic E-state index is 13.2. The zero-order valence-electron chi connectivity index (χ0n) is 25.6. The van der Waals surface area contributed by atoms with Crippen LogP contribution >= 0.6 is 0 Å². The van der Waals surface area contributed by atoms with E-state index in [2.05, 4.69) is 34.6 Å². The number of allylic oxidation sites excluding steroid dienone is 2. The van der Waals surface area contributed by atoms with Crippen LogP contribution in [0.2, 0.25) is 0 Å². The standard InChI is InChI=1S/C32H48F6O3/c1-19(9-8-15-30(40,31(33,34)35)32(36,37)38)21-12-17-29(7)23-10-11-24-26(3,4)25(41-20(2)39)14-16-27(24,5)22(23)13-18-28(21,29)6/h19,21,24-25,40H,8-18H2,1-7H3/t19-,21-,24+,25+,27-,28-,29+/m1/s1. The van der Waals surface area contributed by atoms with E-state index in [9.17, 15) is 36.2 Å². The summed E-state index contributed by atoms with van der Waals surface area (Å²) in [4.78, 5) is 11.8. The van der Waals surface area contributed by atoms with Gasteiger partial charge in [-0.15, -0.1) is 0 Å². The largest absolute Gasteiger partial charge is 0.462 e. The first-order chi connectivity index (χ1) is 18.6. The fraction of sp³-hybridized carbons (Fsp3) is 0.906. The van der Waals surface area contributed by atoms with E-state index in [0.717, 1.165) is 51.4 Å². The summed E-state index contributed by atoms with van der Waals surface area (Å²) in [6.45, 7) is 14.9. The summed E-state index contributed by atoms with van der Waals surface area (Å²) >= 11 is 0. The van der Waals surface area contributed by atoms with Gasteiger partial charge in [0.25, 0.3) is 5.60 Å². The average Bonchev–Trinajstić information content (AvgIpc) is 3.10. The molecular weight excluding hydrogens is 546 g/mol. The third-order valence-corrected chi connectivity index (χ3v) is 12.9. The molecule has 41 heavy (non-hydrogen) atoms. The molecule has 0 spiro atoms. The second kappa shape index (κ2) is 10.2. The highest BCUT2D eigenvalue weighted by Crippen LogP contribution is 2.72. The van der Waals surface area contributed by atoms with Gasteiger partial charge in [-0.3, -0.25) is 4.79 Å². The van der Waals surface area contributed by atoms with Crippen molar-refractivity contribution in [3.63, 3.8) is 0 Å². The first-order valence-corrected chi connectivity index (χ1v) is 15.3. The summed E-state index contributed by atoms with van der Waals surface area (Å²) < 4.78 is 84.9. The minimum Gasteiger partial charge on any atom is -0.462 e. The lowest BCUT2D eigenvalue weighted by molar-refractivity contribution is -0.370. The normalized spacial score (nSPS) is 38.1. The van der Waals surface area contributed by atoms with Gasteiger partial charge in [0.1, 0.15) is 6.10 Å². The molecule has 0 radical (unpaired) electrons. The molecule has 3 nitrogen and oxygen atoms in total. The lowest BCUT2D eigenvalue weighted by Gasteiger charge is -2.62. The molecule has 0 bridgehead atoms. The number of fused-ring (bicyclic) bond motifs is 4. The summed E-state index contributed by atoms with van der Waals surface area (Å²) in [6, 6.07) is 0. The molecule has 0 aromatic heterocycles. The number of carbonyl (C=O) groups excluding carboxylic acids is 1. The van der Waals surface area contributed by atoms with Crippen molar-refractivity contribution >= 4 is 5.97 Å². The van der Waals surface area contributed by atoms with Crippen LogP contribution in [0.1, 0.15) is 119 Å². The predicted molar refractivity (Wildman–Crippen MR) is 145 cm³/mol. The summed E-state index contributed by atoms with van der Waals surface area (Å²) in [6.07, 6.45) is -5.59. The van der Waals surface area contributed by atoms with E-state index in [1.54, 1.807) is 5.57 Å². The monoisotopic (exact) mass is 594 g/mol. The SMILES string of the molecule is CC(=O)O[C@H]1CC[C@]2(C)C3=C(CC[C@H]2C1(C)C)[C@]1(C)CC[C@H]([C@H](C)CCCC(O)(C(F)(F)F)C(F)(F)F)[C@@]1(C)CC3. The van der Waals surface area contributed by atoms with Gasteiger partial charge in [0.2, 0.25) is 0 Å². The molecule has 0 aromatic rings. The van der Waals surface area contributed by atoms with Gasteiger partial charge in [0.15, 0.2) is 0 Å². The van der Waals surface area contributed by atoms with Crippen LogP contribution < -0.4 is 0 Å². The van der Waals surface area contributed by atoms with Crippen molar-refractivity contribution in [2.75, 3.05) is 0 Å². The van der Waals surface area contributed by atoms with Gasteiger partial charge in [-0.25, -0.2) is 0 Å². The van der Waals surface area contributed by atoms with Crippen LogP contribution in [0, 0.1) is 39.4 Å². The van der Waals surface area contributed by atoms with E-state index in [0.29, 0.717) is 5.92 Å². The molecule has 9 heteroatoms. The lowest BCUT2D eigenvalue weighted by Crippen LogP contribution is -2.56. The van der Waals surface area contributed by atoms with Crippen molar-refractivity contribution in [3.05, 3.63) is 11.1 Å². The van der Waals surface area contributed by atoms with Crippen molar-refractivity contribution in [1.82, 2.24) is 0 Å². The maximum atomic E-state index is 13.2. The molecule has 0 unspecified atom stereocenters. The minimum atomic E-state index is -5.76. The molecule has 4 aliphatic rings. The third kappa shape index (κ3) is 4.86. The van der Waals surface area contributed by atoms with Gasteiger partial charge in [-0.2, -0.15) is 26.3 Å². The highest BCUT2D eigenvalue weighted by molar-refractivity contribution is 5.66. The van der Waals surface area contributed by atoms with Gasteiger partial charge in [-0.1, -0.05) is 59.1 Å². The van der Waals surface area contributed by atoms with Crippen LogP contribution in [0.3, 0.4) is 0 Å². The molecule has 0 aromatic carbocycles. The van der Waals surface area contributed by atoms with Crippen LogP contribution in [0.15, 0.2) is 11.1 Å². The van der Waals surface area contributed by atoms with E-state index in [1.807, 2.05) is 6.92 Å². The molecule has 236 valence electrons. The number of carbonyl (C=O) groups is 1. The van der Waals surface area contributed by atoms with Crippen molar-refractivity contribution in [3.8, 4) is 0 Å². The van der Waals surface area contributed by atoms with Crippen molar-refractivity contribution < 1.29 is 41.0 Å². The smallest absolute Gasteiger partial charge is 0.426 e. The predicted octanol–water partition coefficient (Wildman–Crippen LogP) is 9.33. The van der Waals surface area contributed by atoms with Crippen LogP contribution in [-0.4, -0.2) is 35.1 Å². The zero-order valence-corrected chi connectivity index (χ0v) is 25.6. The quantitative estimate of drug-likeness (QED) is 0.189. The Kier molecular flexibility index (Phi) is 8.09. The Morgan fingerprint density at radius 1 is 0.927 bits per heavy atom. The second-order valence-corrected chi connectivity index (χ2v) is 15.0. The number of esters is 1. The third-order valence-electron chi connectivity index (χ3n) is 12.9. The second-order valence-electron chi connectivity index (χ2n) is 15.0. The summed E-state index contributed by atoms with van der Waals surface area (Å²) in [7, 11) is 0. The molecule has 0 amide bonds. The lowest BCUT2D eigenvalue weighted by atomic mass is 9.43. The number of rotatable bonds is 6. The van der Waals surface area contributed by atoms with Crippen molar-refractivity contribution in [2.45, 2.75) is 143 Å². The highest BCUT2D eigenvalue weighted by Gasteiger charge is 2.70. The van der Waals surface area contributed by atoms with E-state index < -0.39 is 24.4 Å². The fourth-order valence-electron chi connectivity index (χ4n) is 10.4. The Morgan fingerprint density at radius 2 is 1.54 bits per heavy atom. The van der Waals surface area contributed by atoms with Gasteiger partial charge in [-0.05, 0) is 98.2 Å². The minimum absolute atomic E-state index is 0.0153. The molecule has 0 heterocycles. The van der Waals surface area contributed by atoms with Gasteiger partial charge >= 0.3 is 18.3 Å². The van der Waals surface area contributed by atoms with E-state index >= 15 is 0 Å². The van der Waals surface area contributed by atoms with Gasteiger partial charge in [0.05, 0.1) is 0 Å². The number of ether oxygens (including phenoxy) is 1.